The third kappa shape index (κ3) is 4.39. The first-order valence-corrected chi connectivity index (χ1v) is 8.11. The SMILES string of the molecule is CCCNC(C)c1ccc(SCc2cnn(C)c2)cc1. The van der Waals surface area contributed by atoms with E-state index in [1.165, 1.54) is 22.4 Å². The van der Waals surface area contributed by atoms with Crippen molar-refractivity contribution in [3.05, 3.63) is 47.8 Å². The molecule has 2 aromatic rings. The van der Waals surface area contributed by atoms with E-state index in [9.17, 15) is 0 Å². The van der Waals surface area contributed by atoms with E-state index in [2.05, 4.69) is 54.7 Å². The highest BCUT2D eigenvalue weighted by Crippen LogP contribution is 2.24. The summed E-state index contributed by atoms with van der Waals surface area (Å²) < 4.78 is 1.85. The average Bonchev–Trinajstić information content (AvgIpc) is 2.89. The molecule has 108 valence electrons. The van der Waals surface area contributed by atoms with Gasteiger partial charge in [-0.15, -0.1) is 11.8 Å². The van der Waals surface area contributed by atoms with E-state index in [0.717, 1.165) is 12.3 Å². The fourth-order valence-corrected chi connectivity index (χ4v) is 2.86. The second kappa shape index (κ2) is 7.50. The first-order chi connectivity index (χ1) is 9.69. The van der Waals surface area contributed by atoms with Crippen LogP contribution in [0, 0.1) is 0 Å². The zero-order chi connectivity index (χ0) is 14.4. The van der Waals surface area contributed by atoms with E-state index >= 15 is 0 Å². The van der Waals surface area contributed by atoms with Crippen molar-refractivity contribution in [3.8, 4) is 0 Å². The molecule has 0 saturated heterocycles. The summed E-state index contributed by atoms with van der Waals surface area (Å²) >= 11 is 1.85. The van der Waals surface area contributed by atoms with E-state index in [4.69, 9.17) is 0 Å². The van der Waals surface area contributed by atoms with Crippen LogP contribution >= 0.6 is 11.8 Å². The Morgan fingerprint density at radius 3 is 2.65 bits per heavy atom. The maximum Gasteiger partial charge on any atom is 0.0530 e. The van der Waals surface area contributed by atoms with E-state index in [1.807, 2.05) is 29.7 Å². The Hall–Kier alpha value is -1.26. The molecule has 1 aromatic heterocycles. The highest BCUT2D eigenvalue weighted by molar-refractivity contribution is 7.98. The van der Waals surface area contributed by atoms with Gasteiger partial charge in [-0.25, -0.2) is 0 Å². The predicted molar refractivity (Wildman–Crippen MR) is 85.9 cm³/mol. The minimum atomic E-state index is 0.423. The summed E-state index contributed by atoms with van der Waals surface area (Å²) in [5.41, 5.74) is 2.61. The summed E-state index contributed by atoms with van der Waals surface area (Å²) in [6.07, 6.45) is 5.17. The van der Waals surface area contributed by atoms with Crippen LogP contribution in [-0.4, -0.2) is 16.3 Å². The van der Waals surface area contributed by atoms with Crippen LogP contribution < -0.4 is 5.32 Å². The molecule has 3 nitrogen and oxygen atoms in total. The van der Waals surface area contributed by atoms with Crippen molar-refractivity contribution < 1.29 is 0 Å². The van der Waals surface area contributed by atoms with Gasteiger partial charge in [0.25, 0.3) is 0 Å². The Kier molecular flexibility index (Phi) is 5.68. The summed E-state index contributed by atoms with van der Waals surface area (Å²) in [5, 5.41) is 7.70. The predicted octanol–water partition coefficient (Wildman–Crippen LogP) is 3.77. The normalized spacial score (nSPS) is 12.6. The molecule has 0 amide bonds. The molecule has 1 aromatic carbocycles. The van der Waals surface area contributed by atoms with E-state index in [1.54, 1.807) is 0 Å². The van der Waals surface area contributed by atoms with Gasteiger partial charge >= 0.3 is 0 Å². The molecule has 0 fully saturated rings. The molecule has 1 heterocycles. The Labute approximate surface area is 125 Å². The molecule has 1 atom stereocenters. The highest BCUT2D eigenvalue weighted by Gasteiger charge is 2.04. The number of rotatable bonds is 7. The van der Waals surface area contributed by atoms with E-state index in [0.29, 0.717) is 6.04 Å². The van der Waals surface area contributed by atoms with Crippen LogP contribution in [0.15, 0.2) is 41.6 Å². The van der Waals surface area contributed by atoms with Crippen LogP contribution in [0.2, 0.25) is 0 Å². The largest absolute Gasteiger partial charge is 0.310 e. The van der Waals surface area contributed by atoms with Gasteiger partial charge in [0.2, 0.25) is 0 Å². The molecule has 20 heavy (non-hydrogen) atoms. The van der Waals surface area contributed by atoms with Crippen molar-refractivity contribution >= 4 is 11.8 Å². The van der Waals surface area contributed by atoms with Gasteiger partial charge in [0.1, 0.15) is 0 Å². The molecule has 0 saturated carbocycles. The number of hydrogen-bond acceptors (Lipinski definition) is 3. The summed E-state index contributed by atoms with van der Waals surface area (Å²) in [7, 11) is 1.95. The highest BCUT2D eigenvalue weighted by atomic mass is 32.2. The number of hydrogen-bond donors (Lipinski definition) is 1. The standard InChI is InChI=1S/C16H23N3S/c1-4-9-17-13(2)15-5-7-16(8-6-15)20-12-14-10-18-19(3)11-14/h5-8,10-11,13,17H,4,9,12H2,1-3H3. The Bertz CT molecular complexity index is 519. The Balaban J connectivity index is 1.87. The molecule has 1 N–H and O–H groups in total. The number of nitrogens with one attached hydrogen (secondary N) is 1. The fourth-order valence-electron chi connectivity index (χ4n) is 2.04. The number of benzene rings is 1. The molecule has 0 spiro atoms. The maximum absolute atomic E-state index is 4.19. The van der Waals surface area contributed by atoms with Gasteiger partial charge in [0.15, 0.2) is 0 Å². The first-order valence-electron chi connectivity index (χ1n) is 7.12. The van der Waals surface area contributed by atoms with Gasteiger partial charge in [0.05, 0.1) is 6.20 Å². The fraction of sp³-hybridized carbons (Fsp3) is 0.438. The zero-order valence-corrected chi connectivity index (χ0v) is 13.3. The zero-order valence-electron chi connectivity index (χ0n) is 12.5. The van der Waals surface area contributed by atoms with Crippen LogP contribution in [0.25, 0.3) is 0 Å². The van der Waals surface area contributed by atoms with Gasteiger partial charge in [0, 0.05) is 35.5 Å². The quantitative estimate of drug-likeness (QED) is 0.787. The molecule has 0 radical (unpaired) electrons. The lowest BCUT2D eigenvalue weighted by Gasteiger charge is -2.13. The van der Waals surface area contributed by atoms with Gasteiger partial charge in [-0.2, -0.15) is 5.10 Å². The number of aromatic nitrogens is 2. The summed E-state index contributed by atoms with van der Waals surface area (Å²) in [6.45, 7) is 5.48. The molecule has 4 heteroatoms. The topological polar surface area (TPSA) is 29.9 Å². The van der Waals surface area contributed by atoms with E-state index < -0.39 is 0 Å². The van der Waals surface area contributed by atoms with Gasteiger partial charge in [-0.3, -0.25) is 4.68 Å². The molecule has 0 bridgehead atoms. The van der Waals surface area contributed by atoms with Crippen LogP contribution in [-0.2, 0) is 12.8 Å². The van der Waals surface area contributed by atoms with Gasteiger partial charge in [-0.05, 0) is 37.6 Å². The van der Waals surface area contributed by atoms with Gasteiger partial charge in [-0.1, -0.05) is 19.1 Å². The van der Waals surface area contributed by atoms with Crippen molar-refractivity contribution in [3.63, 3.8) is 0 Å². The average molecular weight is 289 g/mol. The molecular weight excluding hydrogens is 266 g/mol. The van der Waals surface area contributed by atoms with Crippen molar-refractivity contribution in [2.24, 2.45) is 7.05 Å². The lowest BCUT2D eigenvalue weighted by atomic mass is 10.1. The molecular formula is C16H23N3S. The Morgan fingerprint density at radius 2 is 2.05 bits per heavy atom. The number of aryl methyl sites for hydroxylation is 1. The molecule has 2 rings (SSSR count). The van der Waals surface area contributed by atoms with Crippen LogP contribution in [0.5, 0.6) is 0 Å². The van der Waals surface area contributed by atoms with Crippen LogP contribution in [0.4, 0.5) is 0 Å². The third-order valence-corrected chi connectivity index (χ3v) is 4.33. The summed E-state index contributed by atoms with van der Waals surface area (Å²) in [5.74, 6) is 0.969. The van der Waals surface area contributed by atoms with Crippen molar-refractivity contribution in [2.75, 3.05) is 6.54 Å². The minimum Gasteiger partial charge on any atom is -0.310 e. The third-order valence-electron chi connectivity index (χ3n) is 3.24. The number of nitrogens with zero attached hydrogens (tertiary/aromatic N) is 2. The van der Waals surface area contributed by atoms with E-state index in [-0.39, 0.29) is 0 Å². The van der Waals surface area contributed by atoms with Crippen molar-refractivity contribution in [1.29, 1.82) is 0 Å². The lowest BCUT2D eigenvalue weighted by Crippen LogP contribution is -2.19. The molecule has 0 aliphatic heterocycles. The summed E-state index contributed by atoms with van der Waals surface area (Å²) in [6, 6.07) is 9.28. The maximum atomic E-state index is 4.19. The van der Waals surface area contributed by atoms with Gasteiger partial charge < -0.3 is 5.32 Å². The summed E-state index contributed by atoms with van der Waals surface area (Å²) in [4.78, 5) is 1.31. The minimum absolute atomic E-state index is 0.423. The van der Waals surface area contributed by atoms with Crippen molar-refractivity contribution in [2.45, 2.75) is 37.0 Å². The monoisotopic (exact) mass is 289 g/mol. The van der Waals surface area contributed by atoms with Crippen LogP contribution in [0.3, 0.4) is 0 Å². The lowest BCUT2D eigenvalue weighted by molar-refractivity contribution is 0.570. The molecule has 1 unspecified atom stereocenters. The molecule has 0 aliphatic rings. The second-order valence-electron chi connectivity index (χ2n) is 5.06. The first kappa shape index (κ1) is 15.1. The second-order valence-corrected chi connectivity index (χ2v) is 6.10. The smallest absolute Gasteiger partial charge is 0.0530 e. The van der Waals surface area contributed by atoms with Crippen molar-refractivity contribution in [1.82, 2.24) is 15.1 Å². The Morgan fingerprint density at radius 1 is 1.30 bits per heavy atom. The van der Waals surface area contributed by atoms with Crippen LogP contribution in [0.1, 0.15) is 37.4 Å². The number of thioether (sulfide) groups is 1. The molecule has 0 aliphatic carbocycles.